The molecule has 6 heteroatoms. The van der Waals surface area contributed by atoms with Gasteiger partial charge in [-0.1, -0.05) is 11.6 Å². The van der Waals surface area contributed by atoms with Crippen LogP contribution in [-0.4, -0.2) is 36.6 Å². The topological polar surface area (TPSA) is 41.3 Å². The molecule has 1 aliphatic heterocycles. The lowest BCUT2D eigenvalue weighted by molar-refractivity contribution is 0.165. The van der Waals surface area contributed by atoms with Crippen molar-refractivity contribution in [3.05, 3.63) is 41.2 Å². The molecule has 2 aromatic rings. The summed E-state index contributed by atoms with van der Waals surface area (Å²) < 4.78 is 5.61. The minimum atomic E-state index is 0. The van der Waals surface area contributed by atoms with Gasteiger partial charge in [-0.05, 0) is 63.2 Å². The van der Waals surface area contributed by atoms with E-state index < -0.39 is 0 Å². The molecule has 4 nitrogen and oxygen atoms in total. The molecule has 1 aromatic heterocycles. The first-order valence-corrected chi connectivity index (χ1v) is 8.19. The first-order valence-electron chi connectivity index (χ1n) is 7.82. The summed E-state index contributed by atoms with van der Waals surface area (Å²) in [6.07, 6.45) is 4.34. The van der Waals surface area contributed by atoms with Crippen LogP contribution in [0.25, 0.3) is 11.5 Å². The Morgan fingerprint density at radius 2 is 2.13 bits per heavy atom. The van der Waals surface area contributed by atoms with Gasteiger partial charge in [-0.3, -0.25) is 4.90 Å². The van der Waals surface area contributed by atoms with Gasteiger partial charge in [0.15, 0.2) is 0 Å². The minimum absolute atomic E-state index is 0. The molecule has 1 saturated heterocycles. The molecule has 3 rings (SSSR count). The SMILES string of the molecule is CNCC1CCCN(Cc2coc(-c3ccc(Cl)cc3)n2)C1.Cl. The van der Waals surface area contributed by atoms with E-state index in [9.17, 15) is 0 Å². The van der Waals surface area contributed by atoms with Crippen LogP contribution in [0.15, 0.2) is 34.9 Å². The van der Waals surface area contributed by atoms with E-state index in [0.29, 0.717) is 5.89 Å². The monoisotopic (exact) mass is 355 g/mol. The fourth-order valence-corrected chi connectivity index (χ4v) is 3.21. The third-order valence-electron chi connectivity index (χ3n) is 4.12. The number of piperidine rings is 1. The van der Waals surface area contributed by atoms with Crippen molar-refractivity contribution in [2.75, 3.05) is 26.7 Å². The number of likely N-dealkylation sites (tertiary alicyclic amines) is 1. The maximum Gasteiger partial charge on any atom is 0.226 e. The summed E-state index contributed by atoms with van der Waals surface area (Å²) in [7, 11) is 2.02. The number of rotatable bonds is 5. The van der Waals surface area contributed by atoms with Crippen molar-refractivity contribution in [1.82, 2.24) is 15.2 Å². The third-order valence-corrected chi connectivity index (χ3v) is 4.38. The molecule has 0 radical (unpaired) electrons. The largest absolute Gasteiger partial charge is 0.444 e. The van der Waals surface area contributed by atoms with Crippen molar-refractivity contribution in [2.24, 2.45) is 5.92 Å². The molecule has 1 atom stereocenters. The van der Waals surface area contributed by atoms with E-state index >= 15 is 0 Å². The van der Waals surface area contributed by atoms with Gasteiger partial charge in [-0.15, -0.1) is 12.4 Å². The second-order valence-electron chi connectivity index (χ2n) is 5.95. The summed E-state index contributed by atoms with van der Waals surface area (Å²) in [6.45, 7) is 4.22. The van der Waals surface area contributed by atoms with Gasteiger partial charge in [0.25, 0.3) is 0 Å². The van der Waals surface area contributed by atoms with Crippen LogP contribution in [0.3, 0.4) is 0 Å². The highest BCUT2D eigenvalue weighted by atomic mass is 35.5. The molecule has 126 valence electrons. The lowest BCUT2D eigenvalue weighted by Crippen LogP contribution is -2.38. The van der Waals surface area contributed by atoms with Gasteiger partial charge >= 0.3 is 0 Å². The molecule has 0 amide bonds. The Balaban J connectivity index is 0.00000192. The van der Waals surface area contributed by atoms with E-state index in [-0.39, 0.29) is 12.4 Å². The average molecular weight is 356 g/mol. The molecule has 0 bridgehead atoms. The van der Waals surface area contributed by atoms with Gasteiger partial charge in [0.2, 0.25) is 5.89 Å². The van der Waals surface area contributed by atoms with E-state index in [2.05, 4.69) is 15.2 Å². The maximum atomic E-state index is 5.91. The lowest BCUT2D eigenvalue weighted by Gasteiger charge is -2.32. The zero-order valence-corrected chi connectivity index (χ0v) is 14.9. The molecule has 0 spiro atoms. The van der Waals surface area contributed by atoms with E-state index in [1.807, 2.05) is 31.3 Å². The van der Waals surface area contributed by atoms with Gasteiger partial charge in [0.05, 0.1) is 5.69 Å². The molecule has 1 fully saturated rings. The van der Waals surface area contributed by atoms with Gasteiger partial charge in [-0.2, -0.15) is 0 Å². The molecule has 1 unspecified atom stereocenters. The van der Waals surface area contributed by atoms with Crippen molar-refractivity contribution in [1.29, 1.82) is 0 Å². The van der Waals surface area contributed by atoms with Gasteiger partial charge in [0.1, 0.15) is 6.26 Å². The number of halogens is 2. The number of hydrogen-bond donors (Lipinski definition) is 1. The number of nitrogens with zero attached hydrogens (tertiary/aromatic N) is 2. The summed E-state index contributed by atoms with van der Waals surface area (Å²) in [5.74, 6) is 1.40. The highest BCUT2D eigenvalue weighted by Gasteiger charge is 2.20. The highest BCUT2D eigenvalue weighted by molar-refractivity contribution is 6.30. The zero-order valence-electron chi connectivity index (χ0n) is 13.3. The van der Waals surface area contributed by atoms with Crippen molar-refractivity contribution >= 4 is 24.0 Å². The Kier molecular flexibility index (Phi) is 6.90. The summed E-state index contributed by atoms with van der Waals surface area (Å²) in [5, 5.41) is 4.00. The number of hydrogen-bond acceptors (Lipinski definition) is 4. The molecular formula is C17H23Cl2N3O. The lowest BCUT2D eigenvalue weighted by atomic mass is 9.98. The van der Waals surface area contributed by atoms with Crippen LogP contribution < -0.4 is 5.32 Å². The fourth-order valence-electron chi connectivity index (χ4n) is 3.08. The number of aromatic nitrogens is 1. The molecule has 23 heavy (non-hydrogen) atoms. The molecule has 1 aliphatic rings. The number of nitrogens with one attached hydrogen (secondary N) is 1. The molecule has 0 aliphatic carbocycles. The molecule has 0 saturated carbocycles. The van der Waals surface area contributed by atoms with Crippen LogP contribution >= 0.6 is 24.0 Å². The first-order chi connectivity index (χ1) is 10.7. The predicted molar refractivity (Wildman–Crippen MR) is 96.1 cm³/mol. The van der Waals surface area contributed by atoms with Crippen LogP contribution in [0.1, 0.15) is 18.5 Å². The number of benzene rings is 1. The van der Waals surface area contributed by atoms with Crippen LogP contribution in [0, 0.1) is 5.92 Å². The van der Waals surface area contributed by atoms with Gasteiger partial charge in [-0.25, -0.2) is 4.98 Å². The van der Waals surface area contributed by atoms with E-state index in [4.69, 9.17) is 16.0 Å². The molecule has 2 heterocycles. The summed E-state index contributed by atoms with van der Waals surface area (Å²) in [5.41, 5.74) is 1.96. The average Bonchev–Trinajstić information content (AvgIpc) is 2.97. The molecular weight excluding hydrogens is 333 g/mol. The van der Waals surface area contributed by atoms with Gasteiger partial charge < -0.3 is 9.73 Å². The van der Waals surface area contributed by atoms with Crippen molar-refractivity contribution in [2.45, 2.75) is 19.4 Å². The normalized spacial score (nSPS) is 18.6. The summed E-state index contributed by atoms with van der Waals surface area (Å²) in [4.78, 5) is 7.08. The molecule has 1 N–H and O–H groups in total. The van der Waals surface area contributed by atoms with Crippen LogP contribution in [0.2, 0.25) is 5.02 Å². The Morgan fingerprint density at radius 3 is 2.87 bits per heavy atom. The van der Waals surface area contributed by atoms with E-state index in [1.165, 1.54) is 12.8 Å². The standard InChI is InChI=1S/C17H22ClN3O.ClH/c1-19-9-13-3-2-8-21(10-13)11-16-12-22-17(20-16)14-4-6-15(18)7-5-14;/h4-7,12-13,19H,2-3,8-11H2,1H3;1H. The van der Waals surface area contributed by atoms with Crippen molar-refractivity contribution < 1.29 is 4.42 Å². The smallest absolute Gasteiger partial charge is 0.226 e. The second kappa shape index (κ2) is 8.69. The van der Waals surface area contributed by atoms with Crippen molar-refractivity contribution in [3.63, 3.8) is 0 Å². The quantitative estimate of drug-likeness (QED) is 0.884. The second-order valence-corrected chi connectivity index (χ2v) is 6.39. The predicted octanol–water partition coefficient (Wildman–Crippen LogP) is 3.85. The van der Waals surface area contributed by atoms with Crippen LogP contribution in [-0.2, 0) is 6.54 Å². The first kappa shape index (κ1) is 18.3. The Morgan fingerprint density at radius 1 is 1.35 bits per heavy atom. The highest BCUT2D eigenvalue weighted by Crippen LogP contribution is 2.22. The van der Waals surface area contributed by atoms with Crippen LogP contribution in [0.5, 0.6) is 0 Å². The fraction of sp³-hybridized carbons (Fsp3) is 0.471. The molecule has 1 aromatic carbocycles. The Hall–Kier alpha value is -1.07. The maximum absolute atomic E-state index is 5.91. The third kappa shape index (κ3) is 4.95. The van der Waals surface area contributed by atoms with E-state index in [0.717, 1.165) is 48.4 Å². The van der Waals surface area contributed by atoms with Crippen LogP contribution in [0.4, 0.5) is 0 Å². The summed E-state index contributed by atoms with van der Waals surface area (Å²) >= 11 is 5.91. The summed E-state index contributed by atoms with van der Waals surface area (Å²) in [6, 6.07) is 7.57. The van der Waals surface area contributed by atoms with Crippen molar-refractivity contribution in [3.8, 4) is 11.5 Å². The number of oxazole rings is 1. The zero-order chi connectivity index (χ0) is 15.4. The Labute approximate surface area is 148 Å². The van der Waals surface area contributed by atoms with Gasteiger partial charge in [0, 0.05) is 23.7 Å². The Bertz CT molecular complexity index is 598. The van der Waals surface area contributed by atoms with E-state index in [1.54, 1.807) is 6.26 Å². The minimum Gasteiger partial charge on any atom is -0.444 e.